The summed E-state index contributed by atoms with van der Waals surface area (Å²) >= 11 is 0. The summed E-state index contributed by atoms with van der Waals surface area (Å²) in [6.45, 7) is 4.67. The third-order valence-electron chi connectivity index (χ3n) is 9.41. The Morgan fingerprint density at radius 1 is 0.827 bits per heavy atom. The second-order valence-corrected chi connectivity index (χ2v) is 13.6. The second kappa shape index (κ2) is 14.5. The lowest BCUT2D eigenvalue weighted by atomic mass is 10.0. The zero-order valence-corrected chi connectivity index (χ0v) is 29.2. The van der Waals surface area contributed by atoms with Gasteiger partial charge >= 0.3 is 12.2 Å². The van der Waals surface area contributed by atoms with Crippen LogP contribution in [-0.2, 0) is 19.1 Å². The monoisotopic (exact) mass is 714 g/mol. The average molecular weight is 715 g/mol. The Hall–Kier alpha value is -5.74. The number of hydrogen-bond acceptors (Lipinski definition) is 10. The molecule has 6 rings (SSSR count). The highest BCUT2D eigenvalue weighted by molar-refractivity contribution is 5.87. The number of benzene rings is 2. The summed E-state index contributed by atoms with van der Waals surface area (Å²) in [4.78, 5) is 67.9. The van der Waals surface area contributed by atoms with Crippen LogP contribution in [0, 0.1) is 0 Å². The molecule has 7 N–H and O–H groups in total. The fraction of sp³-hybridized carbons (Fsp3) is 0.389. The molecule has 0 radical (unpaired) electrons. The number of β-amino-alcohol motifs (C(OH)–C–C–N with tert-alkyl or cyclic N) is 2. The number of aliphatic hydroxyl groups excluding tert-OH is 2. The molecule has 16 heteroatoms. The van der Waals surface area contributed by atoms with Crippen molar-refractivity contribution in [2.75, 3.05) is 20.2 Å². The number of nitrogens with one attached hydrogen (secondary N) is 3. The lowest BCUT2D eigenvalue weighted by molar-refractivity contribution is -0.149. The van der Waals surface area contributed by atoms with Gasteiger partial charge in [-0.1, -0.05) is 48.5 Å². The van der Waals surface area contributed by atoms with Crippen molar-refractivity contribution in [2.24, 2.45) is 5.73 Å². The van der Waals surface area contributed by atoms with Gasteiger partial charge in [0.25, 0.3) is 5.91 Å². The normalized spacial score (nSPS) is 20.8. The highest BCUT2D eigenvalue weighted by Crippen LogP contribution is 2.36. The summed E-state index contributed by atoms with van der Waals surface area (Å²) in [5, 5.41) is 23.2. The molecule has 2 aliphatic heterocycles. The number of rotatable bonds is 9. The molecule has 5 atom stereocenters. The first kappa shape index (κ1) is 36.1. The fourth-order valence-electron chi connectivity index (χ4n) is 6.79. The molecule has 2 aromatic heterocycles. The SMILES string of the molecule is COC(=O)N[C@@H](C)C(=O)N1CC(O)CC1c1ncc(-c2ccc(-c3ccc(-c4cnc([C@@H]5C[C@H](O)CN5C(=O)C(C)(C)OC(N)=O)[nH]4)cc3)cc2)[nH]1. The number of carbonyl (C=O) groups excluding carboxylic acids is 4. The van der Waals surface area contributed by atoms with Gasteiger partial charge < -0.3 is 50.5 Å². The highest BCUT2D eigenvalue weighted by Gasteiger charge is 2.44. The van der Waals surface area contributed by atoms with Crippen molar-refractivity contribution < 1.29 is 38.9 Å². The smallest absolute Gasteiger partial charge is 0.407 e. The molecule has 2 fully saturated rings. The van der Waals surface area contributed by atoms with Crippen LogP contribution in [0.15, 0.2) is 60.9 Å². The number of H-pyrrole nitrogens is 2. The van der Waals surface area contributed by atoms with Crippen LogP contribution >= 0.6 is 0 Å². The van der Waals surface area contributed by atoms with Crippen LogP contribution in [0.3, 0.4) is 0 Å². The predicted molar refractivity (Wildman–Crippen MR) is 187 cm³/mol. The number of aromatic amines is 2. The summed E-state index contributed by atoms with van der Waals surface area (Å²) in [5.41, 5.74) is 8.86. The van der Waals surface area contributed by atoms with Crippen LogP contribution < -0.4 is 11.1 Å². The van der Waals surface area contributed by atoms with Gasteiger partial charge in [-0.2, -0.15) is 0 Å². The van der Waals surface area contributed by atoms with E-state index in [-0.39, 0.29) is 25.4 Å². The Morgan fingerprint density at radius 3 is 1.73 bits per heavy atom. The van der Waals surface area contributed by atoms with Gasteiger partial charge in [0.05, 0.1) is 55.2 Å². The standard InChI is InChI=1S/C36H42N8O8/c1-19(40-35(50)51-4)32(47)43-17-24(45)13-28(43)30-38-15-26(41-30)22-9-5-20(6-10-22)21-7-11-23(12-8-21)27-16-39-31(42-27)29-14-25(46)18-44(29)33(48)36(2,3)52-34(37)49/h5-12,15-16,19,24-25,28-29,45-46H,13-14,17-18H2,1-4H3,(H2,37,49)(H,38,41)(H,39,42)(H,40,50)/t19-,24?,25-,28?,29-/m0/s1. The van der Waals surface area contributed by atoms with E-state index in [0.29, 0.717) is 18.1 Å². The van der Waals surface area contributed by atoms with Gasteiger partial charge in [0.15, 0.2) is 5.60 Å². The molecule has 0 spiro atoms. The Bertz CT molecular complexity index is 1940. The minimum atomic E-state index is -1.51. The minimum absolute atomic E-state index is 0.0708. The zero-order chi connectivity index (χ0) is 37.3. The molecule has 2 saturated heterocycles. The average Bonchev–Trinajstić information content (AvgIpc) is 3.93. The van der Waals surface area contributed by atoms with Gasteiger partial charge in [-0.3, -0.25) is 9.59 Å². The molecule has 2 unspecified atom stereocenters. The maximum absolute atomic E-state index is 13.2. The molecule has 2 aromatic carbocycles. The number of likely N-dealkylation sites (tertiary alicyclic amines) is 2. The van der Waals surface area contributed by atoms with E-state index in [1.807, 2.05) is 48.5 Å². The molecular weight excluding hydrogens is 672 g/mol. The van der Waals surface area contributed by atoms with Crippen molar-refractivity contribution in [2.45, 2.75) is 69.5 Å². The molecule has 2 aliphatic rings. The van der Waals surface area contributed by atoms with Crippen molar-refractivity contribution >= 4 is 24.0 Å². The summed E-state index contributed by atoms with van der Waals surface area (Å²) < 4.78 is 9.63. The number of aromatic nitrogens is 4. The quantitative estimate of drug-likeness (QED) is 0.148. The van der Waals surface area contributed by atoms with Crippen LogP contribution in [0.4, 0.5) is 9.59 Å². The molecule has 4 amide bonds. The highest BCUT2D eigenvalue weighted by atomic mass is 16.6. The number of nitrogens with two attached hydrogens (primary N) is 1. The molecule has 274 valence electrons. The molecule has 0 bridgehead atoms. The number of ether oxygens (including phenoxy) is 2. The number of amides is 4. The number of alkyl carbamates (subject to hydrolysis) is 1. The Labute approximate surface area is 299 Å². The summed E-state index contributed by atoms with van der Waals surface area (Å²) in [7, 11) is 1.22. The van der Waals surface area contributed by atoms with E-state index in [1.54, 1.807) is 19.3 Å². The van der Waals surface area contributed by atoms with E-state index >= 15 is 0 Å². The Morgan fingerprint density at radius 2 is 1.27 bits per heavy atom. The molecule has 0 aliphatic carbocycles. The van der Waals surface area contributed by atoms with Crippen LogP contribution in [-0.4, -0.2) is 108 Å². The van der Waals surface area contributed by atoms with E-state index < -0.39 is 54.0 Å². The van der Waals surface area contributed by atoms with Gasteiger partial charge in [0, 0.05) is 25.9 Å². The van der Waals surface area contributed by atoms with Crippen molar-refractivity contribution in [3.05, 3.63) is 72.6 Å². The van der Waals surface area contributed by atoms with E-state index in [1.165, 1.54) is 30.8 Å². The van der Waals surface area contributed by atoms with Gasteiger partial charge in [-0.25, -0.2) is 19.6 Å². The topological polar surface area (TPSA) is 229 Å². The number of primary amides is 1. The van der Waals surface area contributed by atoms with Crippen molar-refractivity contribution in [3.63, 3.8) is 0 Å². The molecule has 52 heavy (non-hydrogen) atoms. The zero-order valence-electron chi connectivity index (χ0n) is 29.2. The number of hydrogen-bond donors (Lipinski definition) is 6. The van der Waals surface area contributed by atoms with Crippen molar-refractivity contribution in [3.8, 4) is 33.6 Å². The third-order valence-corrected chi connectivity index (χ3v) is 9.41. The summed E-state index contributed by atoms with van der Waals surface area (Å²) in [6, 6.07) is 14.0. The van der Waals surface area contributed by atoms with Gasteiger partial charge in [-0.05, 0) is 43.0 Å². The molecular formula is C36H42N8O8. The number of methoxy groups -OCH3 is 1. The largest absolute Gasteiger partial charge is 0.453 e. The fourth-order valence-corrected chi connectivity index (χ4v) is 6.79. The predicted octanol–water partition coefficient (Wildman–Crippen LogP) is 3.02. The van der Waals surface area contributed by atoms with Gasteiger partial charge in [0.2, 0.25) is 5.91 Å². The maximum Gasteiger partial charge on any atom is 0.407 e. The Balaban J connectivity index is 1.12. The van der Waals surface area contributed by atoms with Crippen LogP contribution in [0.1, 0.15) is 57.3 Å². The van der Waals surface area contributed by atoms with Crippen LogP contribution in [0.25, 0.3) is 33.6 Å². The lowest BCUT2D eigenvalue weighted by Crippen LogP contribution is -2.48. The van der Waals surface area contributed by atoms with Crippen molar-refractivity contribution in [1.29, 1.82) is 0 Å². The third kappa shape index (κ3) is 7.48. The number of nitrogens with zero attached hydrogens (tertiary/aromatic N) is 4. The first-order chi connectivity index (χ1) is 24.7. The first-order valence-corrected chi connectivity index (χ1v) is 16.9. The molecule has 4 aromatic rings. The van der Waals surface area contributed by atoms with E-state index in [0.717, 1.165) is 33.6 Å². The number of aliphatic hydroxyl groups is 2. The van der Waals surface area contributed by atoms with Crippen LogP contribution in [0.5, 0.6) is 0 Å². The second-order valence-electron chi connectivity index (χ2n) is 13.6. The summed E-state index contributed by atoms with van der Waals surface area (Å²) in [6.07, 6.45) is 0.699. The summed E-state index contributed by atoms with van der Waals surface area (Å²) in [5.74, 6) is 0.210. The molecule has 0 saturated carbocycles. The maximum atomic E-state index is 13.2. The van der Waals surface area contributed by atoms with Crippen molar-refractivity contribution in [1.82, 2.24) is 35.1 Å². The minimum Gasteiger partial charge on any atom is -0.453 e. The number of imidazole rings is 2. The lowest BCUT2D eigenvalue weighted by Gasteiger charge is -2.31. The van der Waals surface area contributed by atoms with E-state index in [4.69, 9.17) is 10.5 Å². The van der Waals surface area contributed by atoms with Gasteiger partial charge in [0.1, 0.15) is 17.7 Å². The van der Waals surface area contributed by atoms with E-state index in [9.17, 15) is 29.4 Å². The number of carbonyl (C=O) groups is 4. The van der Waals surface area contributed by atoms with Crippen LogP contribution in [0.2, 0.25) is 0 Å². The molecule has 16 nitrogen and oxygen atoms in total. The first-order valence-electron chi connectivity index (χ1n) is 16.9. The van der Waals surface area contributed by atoms with Gasteiger partial charge in [-0.15, -0.1) is 0 Å². The molecule has 4 heterocycles. The van der Waals surface area contributed by atoms with E-state index in [2.05, 4.69) is 30.0 Å². The Kier molecular flexibility index (Phi) is 10.0.